The minimum absolute atomic E-state index is 0.0554. The second-order valence-electron chi connectivity index (χ2n) is 12.4. The standard InChI is InChI=1S/C33H44O12/c1-32(2,3)26-18-14-24(15-19-26)28(34)40-44-42-30(36)38-22-12-10-8-7-9-11-13-23-39-31(37)43-45-41-29(35)25-16-20-27(21-17-25)33(4,5)6/h14-21H,7-13,22-23H2,1-6H3. The number of unbranched alkanes of at least 4 members (excludes halogenated alkanes) is 6. The van der Waals surface area contributed by atoms with Crippen LogP contribution in [0.15, 0.2) is 48.5 Å². The van der Waals surface area contributed by atoms with Crippen LogP contribution in [0.4, 0.5) is 9.59 Å². The summed E-state index contributed by atoms with van der Waals surface area (Å²) in [6.07, 6.45) is 3.45. The van der Waals surface area contributed by atoms with Crippen molar-refractivity contribution < 1.29 is 58.3 Å². The van der Waals surface area contributed by atoms with Crippen molar-refractivity contribution in [1.29, 1.82) is 0 Å². The second-order valence-corrected chi connectivity index (χ2v) is 12.4. The molecular weight excluding hydrogens is 588 g/mol. The highest BCUT2D eigenvalue weighted by molar-refractivity contribution is 5.89. The molecule has 12 nitrogen and oxygen atoms in total. The summed E-state index contributed by atoms with van der Waals surface area (Å²) < 4.78 is 9.74. The summed E-state index contributed by atoms with van der Waals surface area (Å²) in [4.78, 5) is 64.5. The van der Waals surface area contributed by atoms with Gasteiger partial charge in [-0.25, -0.2) is 29.0 Å². The molecule has 0 spiro atoms. The third-order valence-electron chi connectivity index (χ3n) is 6.63. The van der Waals surface area contributed by atoms with Gasteiger partial charge in [-0.3, -0.25) is 9.78 Å². The van der Waals surface area contributed by atoms with Gasteiger partial charge in [0.05, 0.1) is 34.4 Å². The van der Waals surface area contributed by atoms with Crippen LogP contribution < -0.4 is 0 Å². The molecule has 0 heterocycles. The minimum Gasteiger partial charge on any atom is -0.432 e. The van der Waals surface area contributed by atoms with E-state index < -0.39 is 24.2 Å². The number of rotatable bonds is 16. The molecule has 0 bridgehead atoms. The molecule has 0 aliphatic heterocycles. The molecular formula is C33H44O12. The lowest BCUT2D eigenvalue weighted by molar-refractivity contribution is -0.452. The van der Waals surface area contributed by atoms with Crippen LogP contribution in [0.2, 0.25) is 0 Å². The number of carbonyl (C=O) groups excluding carboxylic acids is 4. The Morgan fingerprint density at radius 2 is 0.778 bits per heavy atom. The molecule has 0 saturated heterocycles. The zero-order valence-electron chi connectivity index (χ0n) is 26.9. The van der Waals surface area contributed by atoms with Gasteiger partial charge in [0, 0.05) is 0 Å². The van der Waals surface area contributed by atoms with Gasteiger partial charge in [0.2, 0.25) is 0 Å². The number of hydrogen-bond donors (Lipinski definition) is 0. The van der Waals surface area contributed by atoms with E-state index in [1.54, 1.807) is 24.3 Å². The monoisotopic (exact) mass is 632 g/mol. The Kier molecular flexibility index (Phi) is 15.3. The molecule has 2 aromatic rings. The average Bonchev–Trinajstić information content (AvgIpc) is 2.99. The highest BCUT2D eigenvalue weighted by atomic mass is 17.5. The lowest BCUT2D eigenvalue weighted by atomic mass is 9.87. The Morgan fingerprint density at radius 1 is 0.467 bits per heavy atom. The van der Waals surface area contributed by atoms with Crippen LogP contribution in [0.5, 0.6) is 0 Å². The molecule has 0 aliphatic carbocycles. The topological polar surface area (TPSA) is 142 Å². The molecule has 0 unspecified atom stereocenters. The molecule has 0 amide bonds. The van der Waals surface area contributed by atoms with E-state index in [-0.39, 0.29) is 35.2 Å². The summed E-state index contributed by atoms with van der Waals surface area (Å²) in [7, 11) is 0. The van der Waals surface area contributed by atoms with Crippen molar-refractivity contribution in [3.8, 4) is 0 Å². The minimum atomic E-state index is -1.11. The van der Waals surface area contributed by atoms with E-state index in [1.807, 2.05) is 24.3 Å². The van der Waals surface area contributed by atoms with Crippen molar-refractivity contribution in [2.75, 3.05) is 13.2 Å². The van der Waals surface area contributed by atoms with Crippen LogP contribution in [-0.2, 0) is 49.9 Å². The van der Waals surface area contributed by atoms with Gasteiger partial charge >= 0.3 is 24.2 Å². The van der Waals surface area contributed by atoms with Gasteiger partial charge < -0.3 is 9.47 Å². The first-order valence-electron chi connectivity index (χ1n) is 14.9. The molecule has 0 saturated carbocycles. The molecule has 12 heteroatoms. The lowest BCUT2D eigenvalue weighted by Gasteiger charge is -2.18. The quantitative estimate of drug-likeness (QED) is 0.0765. The molecule has 2 rings (SSSR count). The smallest absolute Gasteiger partial charge is 0.432 e. The van der Waals surface area contributed by atoms with E-state index in [0.717, 1.165) is 43.2 Å². The zero-order chi connectivity index (χ0) is 33.3. The molecule has 0 N–H and O–H groups in total. The summed E-state index contributed by atoms with van der Waals surface area (Å²) in [5.41, 5.74) is 2.49. The van der Waals surface area contributed by atoms with Crippen LogP contribution in [0.25, 0.3) is 0 Å². The summed E-state index contributed by atoms with van der Waals surface area (Å²) in [5.74, 6) is -1.61. The maximum absolute atomic E-state index is 12.0. The predicted octanol–water partition coefficient (Wildman–Crippen LogP) is 8.03. The number of benzene rings is 2. The zero-order valence-corrected chi connectivity index (χ0v) is 26.9. The van der Waals surface area contributed by atoms with E-state index in [2.05, 4.69) is 71.2 Å². The molecule has 2 aromatic carbocycles. The number of hydrogen-bond acceptors (Lipinski definition) is 12. The maximum atomic E-state index is 12.0. The van der Waals surface area contributed by atoms with Crippen LogP contribution >= 0.6 is 0 Å². The van der Waals surface area contributed by atoms with Gasteiger partial charge in [-0.05, 0) is 59.1 Å². The van der Waals surface area contributed by atoms with Gasteiger partial charge in [-0.15, -0.1) is 0 Å². The Labute approximate surface area is 263 Å². The average molecular weight is 633 g/mol. The van der Waals surface area contributed by atoms with E-state index in [9.17, 15) is 19.2 Å². The van der Waals surface area contributed by atoms with Crippen molar-refractivity contribution in [3.05, 3.63) is 70.8 Å². The first-order chi connectivity index (χ1) is 21.3. The fraction of sp³-hybridized carbons (Fsp3) is 0.515. The Bertz CT molecular complexity index is 1110. The first kappa shape index (κ1) is 37.0. The molecule has 248 valence electrons. The fourth-order valence-electron chi connectivity index (χ4n) is 3.91. The summed E-state index contributed by atoms with van der Waals surface area (Å²) in [5, 5.41) is 8.47. The third kappa shape index (κ3) is 14.9. The van der Waals surface area contributed by atoms with Crippen molar-refractivity contribution in [2.45, 2.75) is 97.3 Å². The maximum Gasteiger partial charge on any atom is 0.543 e. The highest BCUT2D eigenvalue weighted by Gasteiger charge is 2.18. The molecule has 45 heavy (non-hydrogen) atoms. The first-order valence-corrected chi connectivity index (χ1v) is 14.9. The van der Waals surface area contributed by atoms with E-state index in [1.165, 1.54) is 0 Å². The molecule has 0 fully saturated rings. The summed E-state index contributed by atoms with van der Waals surface area (Å²) in [6, 6.07) is 13.6. The van der Waals surface area contributed by atoms with Crippen LogP contribution in [0.1, 0.15) is 118 Å². The normalized spacial score (nSPS) is 11.3. The fourth-order valence-corrected chi connectivity index (χ4v) is 3.91. The van der Waals surface area contributed by atoms with E-state index in [4.69, 9.17) is 9.47 Å². The largest absolute Gasteiger partial charge is 0.543 e. The molecule has 0 aromatic heterocycles. The van der Waals surface area contributed by atoms with Crippen molar-refractivity contribution >= 4 is 24.2 Å². The van der Waals surface area contributed by atoms with E-state index in [0.29, 0.717) is 12.8 Å². The lowest BCUT2D eigenvalue weighted by Crippen LogP contribution is -2.14. The summed E-state index contributed by atoms with van der Waals surface area (Å²) >= 11 is 0. The Morgan fingerprint density at radius 3 is 1.09 bits per heavy atom. The van der Waals surface area contributed by atoms with Crippen LogP contribution in [0, 0.1) is 0 Å². The van der Waals surface area contributed by atoms with Crippen molar-refractivity contribution in [3.63, 3.8) is 0 Å². The van der Waals surface area contributed by atoms with Gasteiger partial charge in [0.25, 0.3) is 0 Å². The van der Waals surface area contributed by atoms with Gasteiger partial charge in [0.1, 0.15) is 0 Å². The van der Waals surface area contributed by atoms with E-state index >= 15 is 0 Å². The van der Waals surface area contributed by atoms with Crippen LogP contribution in [0.3, 0.4) is 0 Å². The van der Waals surface area contributed by atoms with Gasteiger partial charge in [-0.1, -0.05) is 97.9 Å². The molecule has 0 atom stereocenters. The van der Waals surface area contributed by atoms with Crippen LogP contribution in [-0.4, -0.2) is 37.5 Å². The predicted molar refractivity (Wildman–Crippen MR) is 160 cm³/mol. The SMILES string of the molecule is CC(C)(C)c1ccc(C(=O)OOOC(=O)OCCCCCCCCCOC(=O)OOOC(=O)c2ccc(C(C)(C)C)cc2)cc1. The highest BCUT2D eigenvalue weighted by Crippen LogP contribution is 2.23. The number of ether oxygens (including phenoxy) is 2. The molecule has 0 radical (unpaired) electrons. The van der Waals surface area contributed by atoms with Crippen molar-refractivity contribution in [2.24, 2.45) is 0 Å². The van der Waals surface area contributed by atoms with Gasteiger partial charge in [0.15, 0.2) is 0 Å². The number of carbonyl (C=O) groups is 4. The Balaban J connectivity index is 1.40. The molecule has 0 aliphatic rings. The summed E-state index contributed by atoms with van der Waals surface area (Å²) in [6.45, 7) is 12.6. The Hall–Kier alpha value is -4.16. The third-order valence-corrected chi connectivity index (χ3v) is 6.63. The van der Waals surface area contributed by atoms with Gasteiger partial charge in [-0.2, -0.15) is 0 Å². The van der Waals surface area contributed by atoms with Crippen molar-refractivity contribution in [1.82, 2.24) is 0 Å². The second kappa shape index (κ2) is 18.6.